The van der Waals surface area contributed by atoms with Gasteiger partial charge in [0.25, 0.3) is 0 Å². The van der Waals surface area contributed by atoms with Crippen LogP contribution in [0.5, 0.6) is 0 Å². The molecule has 1 aromatic rings. The minimum atomic E-state index is -1.81. The van der Waals surface area contributed by atoms with Crippen LogP contribution in [0.1, 0.15) is 54.0 Å². The van der Waals surface area contributed by atoms with E-state index in [-0.39, 0.29) is 0 Å². The molecule has 0 atom stereocenters. The van der Waals surface area contributed by atoms with Crippen LogP contribution < -0.4 is 0 Å². The third-order valence-electron chi connectivity index (χ3n) is 5.02. The molecule has 3 heteroatoms. The van der Waals surface area contributed by atoms with Gasteiger partial charge < -0.3 is 9.16 Å². The first-order chi connectivity index (χ1) is 11.3. The Hall–Kier alpha value is -0.903. The van der Waals surface area contributed by atoms with Gasteiger partial charge in [-0.1, -0.05) is 78.0 Å². The molecular formula is C21H36O2Si. The maximum absolute atomic E-state index is 6.66. The average molecular weight is 349 g/mol. The standard InChI is InChI=1S/C21H36O2Si/c1-8-20(14-22-15-21-12-10-9-11-13-21)16-23-24(17(2)3,18(4)5)19(6)7/h8-13,17-19H,14-16H2,1-7H3/b20-8-. The molecule has 0 N–H and O–H groups in total. The maximum atomic E-state index is 6.66. The summed E-state index contributed by atoms with van der Waals surface area (Å²) in [5, 5.41) is 0. The number of hydrogen-bond acceptors (Lipinski definition) is 2. The summed E-state index contributed by atoms with van der Waals surface area (Å²) in [5.74, 6) is 0. The van der Waals surface area contributed by atoms with Crippen molar-refractivity contribution in [3.05, 3.63) is 47.5 Å². The van der Waals surface area contributed by atoms with E-state index in [2.05, 4.69) is 66.7 Å². The Labute approximate surface area is 150 Å². The smallest absolute Gasteiger partial charge is 0.200 e. The summed E-state index contributed by atoms with van der Waals surface area (Å²) in [7, 11) is -1.81. The summed E-state index contributed by atoms with van der Waals surface area (Å²) in [4.78, 5) is 0. The zero-order chi connectivity index (χ0) is 18.2. The number of hydrogen-bond donors (Lipinski definition) is 0. The average Bonchev–Trinajstić information content (AvgIpc) is 2.53. The molecule has 0 spiro atoms. The molecule has 0 aromatic heterocycles. The zero-order valence-corrected chi connectivity index (χ0v) is 17.6. The fourth-order valence-electron chi connectivity index (χ4n) is 3.80. The van der Waals surface area contributed by atoms with Crippen molar-refractivity contribution in [1.82, 2.24) is 0 Å². The van der Waals surface area contributed by atoms with Crippen LogP contribution in [0.25, 0.3) is 0 Å². The lowest BCUT2D eigenvalue weighted by molar-refractivity contribution is 0.134. The minimum Gasteiger partial charge on any atom is -0.412 e. The van der Waals surface area contributed by atoms with E-state index in [0.717, 1.165) is 0 Å². The molecule has 0 fully saturated rings. The second-order valence-electron chi connectivity index (χ2n) is 7.53. The molecule has 0 aliphatic carbocycles. The molecule has 0 radical (unpaired) electrons. The topological polar surface area (TPSA) is 18.5 Å². The molecule has 0 unspecified atom stereocenters. The van der Waals surface area contributed by atoms with Crippen molar-refractivity contribution in [3.8, 4) is 0 Å². The predicted molar refractivity (Wildman–Crippen MR) is 107 cm³/mol. The Kier molecular flexibility index (Phi) is 8.96. The third kappa shape index (κ3) is 5.57. The molecular weight excluding hydrogens is 312 g/mol. The van der Waals surface area contributed by atoms with Crippen molar-refractivity contribution in [3.63, 3.8) is 0 Å². The fourth-order valence-corrected chi connectivity index (χ4v) is 9.24. The van der Waals surface area contributed by atoms with Gasteiger partial charge >= 0.3 is 0 Å². The first kappa shape index (κ1) is 21.1. The highest BCUT2D eigenvalue weighted by Crippen LogP contribution is 2.42. The van der Waals surface area contributed by atoms with E-state index >= 15 is 0 Å². The maximum Gasteiger partial charge on any atom is 0.200 e. The van der Waals surface area contributed by atoms with E-state index < -0.39 is 8.32 Å². The highest BCUT2D eigenvalue weighted by Gasteiger charge is 2.44. The highest BCUT2D eigenvalue weighted by atomic mass is 28.4. The van der Waals surface area contributed by atoms with E-state index in [1.165, 1.54) is 11.1 Å². The Morgan fingerprint density at radius 1 is 0.917 bits per heavy atom. The van der Waals surface area contributed by atoms with Crippen molar-refractivity contribution < 1.29 is 9.16 Å². The van der Waals surface area contributed by atoms with Crippen molar-refractivity contribution in [2.45, 2.75) is 71.7 Å². The summed E-state index contributed by atoms with van der Waals surface area (Å²) < 4.78 is 12.5. The highest BCUT2D eigenvalue weighted by molar-refractivity contribution is 6.77. The summed E-state index contributed by atoms with van der Waals surface area (Å²) in [6.45, 7) is 18.0. The van der Waals surface area contributed by atoms with Gasteiger partial charge in [-0.2, -0.15) is 0 Å². The van der Waals surface area contributed by atoms with Crippen LogP contribution >= 0.6 is 0 Å². The second-order valence-corrected chi connectivity index (χ2v) is 13.0. The summed E-state index contributed by atoms with van der Waals surface area (Å²) in [6, 6.07) is 10.3. The van der Waals surface area contributed by atoms with Gasteiger partial charge in [0, 0.05) is 0 Å². The predicted octanol–water partition coefficient (Wildman–Crippen LogP) is 6.34. The first-order valence-corrected chi connectivity index (χ1v) is 11.4. The van der Waals surface area contributed by atoms with Crippen LogP contribution in [0.2, 0.25) is 16.6 Å². The van der Waals surface area contributed by atoms with Crippen LogP contribution in [0.4, 0.5) is 0 Å². The van der Waals surface area contributed by atoms with Crippen molar-refractivity contribution >= 4 is 8.32 Å². The van der Waals surface area contributed by atoms with Gasteiger partial charge in [0.1, 0.15) is 0 Å². The van der Waals surface area contributed by atoms with Crippen LogP contribution in [0.15, 0.2) is 42.0 Å². The Morgan fingerprint density at radius 2 is 1.46 bits per heavy atom. The lowest BCUT2D eigenvalue weighted by Gasteiger charge is -2.42. The van der Waals surface area contributed by atoms with E-state index in [9.17, 15) is 0 Å². The van der Waals surface area contributed by atoms with Gasteiger partial charge in [-0.3, -0.25) is 0 Å². The molecule has 1 aromatic carbocycles. The van der Waals surface area contributed by atoms with Crippen LogP contribution in [0.3, 0.4) is 0 Å². The molecule has 0 saturated heterocycles. The molecule has 0 aliphatic heterocycles. The number of ether oxygens (including phenoxy) is 1. The minimum absolute atomic E-state index is 0.612. The van der Waals surface area contributed by atoms with Crippen molar-refractivity contribution in [2.75, 3.05) is 13.2 Å². The molecule has 1 rings (SSSR count). The van der Waals surface area contributed by atoms with E-state index in [1.54, 1.807) is 0 Å². The fraction of sp³-hybridized carbons (Fsp3) is 0.619. The Bertz CT molecular complexity index is 470. The SMILES string of the molecule is C/C=C(/COCc1ccccc1)CO[Si](C(C)C)(C(C)C)C(C)C. The summed E-state index contributed by atoms with van der Waals surface area (Å²) >= 11 is 0. The lowest BCUT2D eigenvalue weighted by atomic mass is 10.2. The van der Waals surface area contributed by atoms with Gasteiger partial charge in [-0.25, -0.2) is 0 Å². The van der Waals surface area contributed by atoms with Gasteiger partial charge in [-0.15, -0.1) is 0 Å². The van der Waals surface area contributed by atoms with Crippen LogP contribution in [-0.2, 0) is 15.8 Å². The first-order valence-electron chi connectivity index (χ1n) is 9.24. The van der Waals surface area contributed by atoms with Gasteiger partial charge in [-0.05, 0) is 34.7 Å². The molecule has 24 heavy (non-hydrogen) atoms. The molecule has 136 valence electrons. The van der Waals surface area contributed by atoms with Gasteiger partial charge in [0.15, 0.2) is 0 Å². The van der Waals surface area contributed by atoms with Gasteiger partial charge in [0.05, 0.1) is 19.8 Å². The van der Waals surface area contributed by atoms with E-state index in [4.69, 9.17) is 9.16 Å². The Balaban J connectivity index is 2.61. The largest absolute Gasteiger partial charge is 0.412 e. The molecule has 2 nitrogen and oxygen atoms in total. The molecule has 0 amide bonds. The van der Waals surface area contributed by atoms with Crippen molar-refractivity contribution in [1.29, 1.82) is 0 Å². The monoisotopic (exact) mass is 348 g/mol. The quantitative estimate of drug-likeness (QED) is 0.363. The van der Waals surface area contributed by atoms with E-state index in [1.807, 2.05) is 18.2 Å². The number of rotatable bonds is 10. The Morgan fingerprint density at radius 3 is 1.92 bits per heavy atom. The zero-order valence-electron chi connectivity index (χ0n) is 16.6. The molecule has 0 aliphatic rings. The normalized spacial score (nSPS) is 13.3. The van der Waals surface area contributed by atoms with Crippen molar-refractivity contribution in [2.24, 2.45) is 0 Å². The van der Waals surface area contributed by atoms with Crippen LogP contribution in [0, 0.1) is 0 Å². The third-order valence-corrected chi connectivity index (χ3v) is 11.1. The summed E-state index contributed by atoms with van der Waals surface area (Å²) in [6.07, 6.45) is 2.14. The summed E-state index contributed by atoms with van der Waals surface area (Å²) in [5.41, 5.74) is 4.29. The second kappa shape index (κ2) is 10.2. The van der Waals surface area contributed by atoms with Crippen LogP contribution in [-0.4, -0.2) is 21.5 Å². The number of benzene rings is 1. The number of allylic oxidation sites excluding steroid dienone is 1. The molecule has 0 bridgehead atoms. The molecule has 0 saturated carbocycles. The lowest BCUT2D eigenvalue weighted by Crippen LogP contribution is -2.48. The molecule has 0 heterocycles. The van der Waals surface area contributed by atoms with E-state index in [0.29, 0.717) is 36.4 Å². The van der Waals surface area contributed by atoms with Gasteiger partial charge in [0.2, 0.25) is 8.32 Å².